The van der Waals surface area contributed by atoms with Crippen LogP contribution in [0.1, 0.15) is 63.6 Å². The largest absolute Gasteiger partial charge is 0.347 e. The van der Waals surface area contributed by atoms with E-state index in [0.29, 0.717) is 12.8 Å². The Morgan fingerprint density at radius 1 is 1.38 bits per heavy atom. The molecule has 1 saturated heterocycles. The van der Waals surface area contributed by atoms with E-state index in [4.69, 9.17) is 0 Å². The van der Waals surface area contributed by atoms with Gasteiger partial charge in [0.25, 0.3) is 0 Å². The minimum Gasteiger partial charge on any atom is -0.347 e. The van der Waals surface area contributed by atoms with Crippen molar-refractivity contribution in [3.63, 3.8) is 0 Å². The molecular weight excluding hydrogens is 304 g/mol. The Bertz CT molecular complexity index is 627. The van der Waals surface area contributed by atoms with Crippen LogP contribution in [0.2, 0.25) is 0 Å². The number of allylic oxidation sites excluding steroid dienone is 1. The second-order valence-corrected chi connectivity index (χ2v) is 6.63. The van der Waals surface area contributed by atoms with Gasteiger partial charge in [-0.2, -0.15) is 5.10 Å². The van der Waals surface area contributed by atoms with Crippen LogP contribution in [0, 0.1) is 0 Å². The summed E-state index contributed by atoms with van der Waals surface area (Å²) in [6, 6.07) is 1.60. The number of nitrogens with one attached hydrogen (secondary N) is 2. The van der Waals surface area contributed by atoms with Crippen LogP contribution in [0.4, 0.5) is 0 Å². The maximum absolute atomic E-state index is 12.4. The van der Waals surface area contributed by atoms with Gasteiger partial charge in [0.2, 0.25) is 11.8 Å². The van der Waals surface area contributed by atoms with Crippen LogP contribution in [0.25, 0.3) is 0 Å². The molecule has 1 saturated carbocycles. The number of aromatic nitrogens is 2. The highest BCUT2D eigenvalue weighted by molar-refractivity contribution is 5.89. The quantitative estimate of drug-likeness (QED) is 0.831. The number of carbonyl (C=O) groups is 2. The molecule has 2 heterocycles. The number of nitrogens with zero attached hydrogens (tertiary/aromatic N) is 2. The summed E-state index contributed by atoms with van der Waals surface area (Å²) < 4.78 is 1.87. The molecule has 0 radical (unpaired) electrons. The van der Waals surface area contributed by atoms with Crippen molar-refractivity contribution < 1.29 is 9.59 Å². The molecule has 0 bridgehead atoms. The molecule has 6 nitrogen and oxygen atoms in total. The summed E-state index contributed by atoms with van der Waals surface area (Å²) >= 11 is 0. The van der Waals surface area contributed by atoms with Crippen LogP contribution >= 0.6 is 0 Å². The highest BCUT2D eigenvalue weighted by Gasteiger charge is 2.32. The van der Waals surface area contributed by atoms with Gasteiger partial charge < -0.3 is 10.6 Å². The van der Waals surface area contributed by atoms with E-state index in [1.54, 1.807) is 12.3 Å². The normalized spacial score (nSPS) is 24.4. The van der Waals surface area contributed by atoms with Crippen molar-refractivity contribution in [2.45, 2.75) is 70.5 Å². The Morgan fingerprint density at radius 3 is 2.92 bits per heavy atom. The van der Waals surface area contributed by atoms with Gasteiger partial charge in [-0.1, -0.05) is 12.0 Å². The van der Waals surface area contributed by atoms with E-state index in [2.05, 4.69) is 15.7 Å². The van der Waals surface area contributed by atoms with E-state index in [1.165, 1.54) is 24.8 Å². The Kier molecular flexibility index (Phi) is 5.33. The van der Waals surface area contributed by atoms with Gasteiger partial charge >= 0.3 is 0 Å². The van der Waals surface area contributed by atoms with Crippen molar-refractivity contribution in [1.82, 2.24) is 20.4 Å². The molecule has 2 amide bonds. The first-order valence-electron chi connectivity index (χ1n) is 8.98. The smallest absolute Gasteiger partial charge is 0.244 e. The minimum absolute atomic E-state index is 0.0278. The molecule has 2 N–H and O–H groups in total. The molecule has 2 fully saturated rings. The third kappa shape index (κ3) is 3.86. The molecule has 1 aliphatic heterocycles. The summed E-state index contributed by atoms with van der Waals surface area (Å²) in [5, 5.41) is 10.4. The zero-order valence-electron chi connectivity index (χ0n) is 14.3. The number of hydrogen-bond donors (Lipinski definition) is 2. The molecular formula is C18H26N4O2. The number of piperidine rings is 1. The Labute approximate surface area is 142 Å². The van der Waals surface area contributed by atoms with E-state index < -0.39 is 0 Å². The van der Waals surface area contributed by atoms with Crippen molar-refractivity contribution in [3.8, 4) is 0 Å². The van der Waals surface area contributed by atoms with Gasteiger partial charge in [-0.05, 0) is 45.1 Å². The maximum Gasteiger partial charge on any atom is 0.244 e. The fourth-order valence-corrected chi connectivity index (χ4v) is 3.67. The summed E-state index contributed by atoms with van der Waals surface area (Å²) in [5.41, 5.74) is 2.19. The molecule has 2 unspecified atom stereocenters. The molecule has 2 aliphatic rings. The Hall–Kier alpha value is -2.11. The van der Waals surface area contributed by atoms with E-state index in [9.17, 15) is 9.59 Å². The van der Waals surface area contributed by atoms with Gasteiger partial charge in [0, 0.05) is 25.2 Å². The zero-order chi connectivity index (χ0) is 16.9. The lowest BCUT2D eigenvalue weighted by Gasteiger charge is -2.33. The highest BCUT2D eigenvalue weighted by atomic mass is 16.2. The van der Waals surface area contributed by atoms with E-state index in [1.807, 2.05) is 17.7 Å². The van der Waals surface area contributed by atoms with Crippen LogP contribution in [0.15, 0.2) is 23.9 Å². The maximum atomic E-state index is 12.4. The molecule has 24 heavy (non-hydrogen) atoms. The van der Waals surface area contributed by atoms with E-state index >= 15 is 0 Å². The van der Waals surface area contributed by atoms with Crippen LogP contribution in [0.5, 0.6) is 0 Å². The average molecular weight is 330 g/mol. The monoisotopic (exact) mass is 330 g/mol. The minimum atomic E-state index is -0.220. The number of carbonyl (C=O) groups excluding carboxylic acids is 2. The van der Waals surface area contributed by atoms with Crippen LogP contribution in [-0.2, 0) is 16.1 Å². The highest BCUT2D eigenvalue weighted by Crippen LogP contribution is 2.25. The van der Waals surface area contributed by atoms with E-state index in [-0.39, 0.29) is 23.9 Å². The number of rotatable bonds is 4. The first-order chi connectivity index (χ1) is 11.7. The lowest BCUT2D eigenvalue weighted by molar-refractivity contribution is -0.125. The first-order valence-corrected chi connectivity index (χ1v) is 8.98. The summed E-state index contributed by atoms with van der Waals surface area (Å²) in [6.45, 7) is 2.75. The third-order valence-electron chi connectivity index (χ3n) is 4.93. The SMILES string of the molecule is CCn1nccc1C1NC(=O)CCC1NC(=O)C=C1CCCCC1. The topological polar surface area (TPSA) is 76.0 Å². The molecule has 1 aromatic heterocycles. The van der Waals surface area contributed by atoms with Gasteiger partial charge in [0.15, 0.2) is 0 Å². The van der Waals surface area contributed by atoms with Crippen molar-refractivity contribution in [1.29, 1.82) is 0 Å². The lowest BCUT2D eigenvalue weighted by atomic mass is 9.93. The lowest BCUT2D eigenvalue weighted by Crippen LogP contribution is -2.50. The second kappa shape index (κ2) is 7.64. The predicted octanol–water partition coefficient (Wildman–Crippen LogP) is 2.23. The molecule has 1 aliphatic carbocycles. The number of amides is 2. The van der Waals surface area contributed by atoms with Gasteiger partial charge in [-0.25, -0.2) is 0 Å². The summed E-state index contributed by atoms with van der Waals surface area (Å²) in [5.74, 6) is -0.0133. The summed E-state index contributed by atoms with van der Waals surface area (Å²) in [7, 11) is 0. The Balaban J connectivity index is 1.72. The standard InChI is InChI=1S/C18H26N4O2/c1-2-22-15(10-11-19-22)18-14(8-9-16(23)21-18)20-17(24)12-13-6-4-3-5-7-13/h10-12,14,18H,2-9H2,1H3,(H,20,24)(H,21,23). The van der Waals surface area contributed by atoms with Gasteiger partial charge in [0.1, 0.15) is 0 Å². The summed E-state index contributed by atoms with van der Waals surface area (Å²) in [4.78, 5) is 24.3. The molecule has 2 atom stereocenters. The molecule has 0 spiro atoms. The van der Waals surface area contributed by atoms with Gasteiger partial charge in [0.05, 0.1) is 17.8 Å². The molecule has 0 aromatic carbocycles. The zero-order valence-corrected chi connectivity index (χ0v) is 14.3. The fraction of sp³-hybridized carbons (Fsp3) is 0.611. The van der Waals surface area contributed by atoms with Gasteiger partial charge in [-0.15, -0.1) is 0 Å². The number of hydrogen-bond acceptors (Lipinski definition) is 3. The summed E-state index contributed by atoms with van der Waals surface area (Å²) in [6.07, 6.45) is 10.3. The molecule has 6 heteroatoms. The van der Waals surface area contributed by atoms with Crippen molar-refractivity contribution in [2.75, 3.05) is 0 Å². The first kappa shape index (κ1) is 16.7. The fourth-order valence-electron chi connectivity index (χ4n) is 3.67. The molecule has 130 valence electrons. The van der Waals surface area contributed by atoms with Crippen molar-refractivity contribution in [2.24, 2.45) is 0 Å². The predicted molar refractivity (Wildman–Crippen MR) is 91.1 cm³/mol. The second-order valence-electron chi connectivity index (χ2n) is 6.63. The molecule has 3 rings (SSSR count). The van der Waals surface area contributed by atoms with E-state index in [0.717, 1.165) is 25.1 Å². The third-order valence-corrected chi connectivity index (χ3v) is 4.93. The van der Waals surface area contributed by atoms with Crippen molar-refractivity contribution in [3.05, 3.63) is 29.6 Å². The van der Waals surface area contributed by atoms with Gasteiger partial charge in [-0.3, -0.25) is 14.3 Å². The van der Waals surface area contributed by atoms with Crippen LogP contribution in [0.3, 0.4) is 0 Å². The molecule has 1 aromatic rings. The number of aryl methyl sites for hydroxylation is 1. The van der Waals surface area contributed by atoms with Crippen molar-refractivity contribution >= 4 is 11.8 Å². The van der Waals surface area contributed by atoms with Crippen LogP contribution < -0.4 is 10.6 Å². The van der Waals surface area contributed by atoms with Crippen LogP contribution in [-0.4, -0.2) is 27.6 Å². The Morgan fingerprint density at radius 2 is 2.17 bits per heavy atom. The average Bonchev–Trinajstić information content (AvgIpc) is 3.06.